The maximum atomic E-state index is 11.6. The Labute approximate surface area is 211 Å². The molecule has 0 radical (unpaired) electrons. The molecule has 34 heavy (non-hydrogen) atoms. The Kier molecular flexibility index (Phi) is 11.6. The van der Waals surface area contributed by atoms with Crippen LogP contribution in [0.1, 0.15) is 5.56 Å². The summed E-state index contributed by atoms with van der Waals surface area (Å²) in [6.07, 6.45) is 0. The van der Waals surface area contributed by atoms with E-state index >= 15 is 0 Å². The molecule has 3 saturated heterocycles. The van der Waals surface area contributed by atoms with Gasteiger partial charge in [-0.15, -0.1) is 0 Å². The summed E-state index contributed by atoms with van der Waals surface area (Å²) in [5.41, 5.74) is 8.19. The van der Waals surface area contributed by atoms with E-state index in [0.29, 0.717) is 5.33 Å². The minimum Gasteiger partial charge on any atom is -0.325 e. The van der Waals surface area contributed by atoms with E-state index in [9.17, 15) is 4.79 Å². The van der Waals surface area contributed by atoms with Gasteiger partial charge in [0.05, 0.1) is 16.4 Å². The average molecular weight is 541 g/mol. The van der Waals surface area contributed by atoms with Crippen molar-refractivity contribution in [2.75, 3.05) is 89.2 Å². The van der Waals surface area contributed by atoms with E-state index in [4.69, 9.17) is 5.73 Å². The number of amides is 1. The topological polar surface area (TPSA) is 139 Å². The van der Waals surface area contributed by atoms with Gasteiger partial charge in [0.2, 0.25) is 5.91 Å². The summed E-state index contributed by atoms with van der Waals surface area (Å²) in [5, 5.41) is 28.5. The molecule has 0 unspecified atom stereocenters. The summed E-state index contributed by atoms with van der Waals surface area (Å²) in [6.45, 7) is 10.8. The van der Waals surface area contributed by atoms with Gasteiger partial charge in [-0.2, -0.15) is 0 Å². The minimum absolute atomic E-state index is 0.0527. The number of nitrogens with two attached hydrogens (primary N) is 1. The Morgan fingerprint density at radius 2 is 1.24 bits per heavy atom. The number of benzene rings is 1. The van der Waals surface area contributed by atoms with E-state index in [2.05, 4.69) is 70.6 Å². The Morgan fingerprint density at radius 3 is 1.68 bits per heavy atom. The predicted molar refractivity (Wildman–Crippen MR) is 143 cm³/mol. The smallest absolute Gasteiger partial charge is 0.235 e. The van der Waals surface area contributed by atoms with Gasteiger partial charge in [-0.3, -0.25) is 4.79 Å². The van der Waals surface area contributed by atoms with Crippen molar-refractivity contribution in [1.82, 2.24) is 37.2 Å². The van der Waals surface area contributed by atoms with Crippen LogP contribution in [-0.2, 0) is 11.3 Å². The molecule has 10 nitrogen and oxygen atoms in total. The number of nitrogens with one attached hydrogen (secondary N) is 8. The number of alkyl halides is 1. The highest BCUT2D eigenvalue weighted by molar-refractivity contribution is 9.09. The third-order valence-electron chi connectivity index (χ3n) is 6.28. The van der Waals surface area contributed by atoms with Crippen LogP contribution in [-0.4, -0.2) is 101 Å². The zero-order chi connectivity index (χ0) is 24.1. The molecule has 1 amide bonds. The van der Waals surface area contributed by atoms with E-state index in [-0.39, 0.29) is 17.0 Å². The van der Waals surface area contributed by atoms with Gasteiger partial charge < -0.3 is 48.3 Å². The molecule has 4 rings (SSSR count). The van der Waals surface area contributed by atoms with Crippen LogP contribution in [0.2, 0.25) is 0 Å². The van der Waals surface area contributed by atoms with Crippen LogP contribution in [0.5, 0.6) is 0 Å². The Balaban J connectivity index is 1.67. The van der Waals surface area contributed by atoms with Crippen LogP contribution in [0.4, 0.5) is 5.69 Å². The van der Waals surface area contributed by atoms with Gasteiger partial charge in [-0.1, -0.05) is 28.1 Å². The molecule has 0 aliphatic carbocycles. The number of rotatable bonds is 5. The second kappa shape index (κ2) is 14.4. The molecule has 3 aliphatic heterocycles. The van der Waals surface area contributed by atoms with Gasteiger partial charge in [0.15, 0.2) is 0 Å². The van der Waals surface area contributed by atoms with Gasteiger partial charge in [-0.05, 0) is 17.7 Å². The average Bonchev–Trinajstić information content (AvgIpc) is 2.84. The SMILES string of the molecule is NC12CNCCNCC(NCc3ccc(NC(=O)CBr)cc3)(CNCCNC1)CNCCNC2. The molecule has 10 N–H and O–H groups in total. The van der Waals surface area contributed by atoms with Crippen molar-refractivity contribution >= 4 is 27.5 Å². The second-order valence-corrected chi connectivity index (χ2v) is 10.00. The third-order valence-corrected chi connectivity index (χ3v) is 6.79. The summed E-state index contributed by atoms with van der Waals surface area (Å²) in [5.74, 6) is -0.0527. The van der Waals surface area contributed by atoms with Crippen molar-refractivity contribution in [3.8, 4) is 0 Å². The fourth-order valence-electron chi connectivity index (χ4n) is 4.28. The third kappa shape index (κ3) is 9.48. The maximum Gasteiger partial charge on any atom is 0.235 e. The molecule has 192 valence electrons. The monoisotopic (exact) mass is 539 g/mol. The zero-order valence-corrected chi connectivity index (χ0v) is 21.7. The first-order valence-electron chi connectivity index (χ1n) is 12.3. The van der Waals surface area contributed by atoms with Crippen LogP contribution in [0.15, 0.2) is 24.3 Å². The number of carbonyl (C=O) groups is 1. The fraction of sp³-hybridized carbons (Fsp3) is 0.696. The summed E-state index contributed by atoms with van der Waals surface area (Å²) in [4.78, 5) is 11.6. The highest BCUT2D eigenvalue weighted by Crippen LogP contribution is 2.12. The largest absolute Gasteiger partial charge is 0.325 e. The quantitative estimate of drug-likeness (QED) is 0.196. The van der Waals surface area contributed by atoms with Gasteiger partial charge >= 0.3 is 0 Å². The summed E-state index contributed by atoms with van der Waals surface area (Å²) >= 11 is 3.18. The number of hydrogen-bond donors (Lipinski definition) is 9. The Bertz CT molecular complexity index is 690. The predicted octanol–water partition coefficient (Wildman–Crippen LogP) is -1.89. The summed E-state index contributed by atoms with van der Waals surface area (Å²) in [7, 11) is 0. The fourth-order valence-corrected chi connectivity index (χ4v) is 4.42. The van der Waals surface area contributed by atoms with Gasteiger partial charge in [0.25, 0.3) is 0 Å². The van der Waals surface area contributed by atoms with E-state index < -0.39 is 0 Å². The van der Waals surface area contributed by atoms with Crippen molar-refractivity contribution in [2.45, 2.75) is 17.6 Å². The van der Waals surface area contributed by atoms with Crippen molar-refractivity contribution in [2.24, 2.45) is 5.73 Å². The molecular weight excluding hydrogens is 498 g/mol. The van der Waals surface area contributed by atoms with Crippen molar-refractivity contribution in [1.29, 1.82) is 0 Å². The Morgan fingerprint density at radius 1 is 0.794 bits per heavy atom. The number of halogens is 1. The van der Waals surface area contributed by atoms with Gasteiger partial charge in [0.1, 0.15) is 0 Å². The van der Waals surface area contributed by atoms with Crippen LogP contribution in [0.3, 0.4) is 0 Å². The van der Waals surface area contributed by atoms with E-state index in [1.165, 1.54) is 5.56 Å². The number of carbonyl (C=O) groups excluding carboxylic acids is 1. The molecule has 2 bridgehead atoms. The second-order valence-electron chi connectivity index (χ2n) is 9.44. The van der Waals surface area contributed by atoms with Crippen molar-refractivity contribution < 1.29 is 4.79 Å². The first kappa shape index (κ1) is 27.4. The molecule has 1 aromatic carbocycles. The lowest BCUT2D eigenvalue weighted by molar-refractivity contribution is -0.113. The molecular formula is C23H42BrN9O. The lowest BCUT2D eigenvalue weighted by atomic mass is 9.97. The van der Waals surface area contributed by atoms with Gasteiger partial charge in [0, 0.05) is 90.8 Å². The molecule has 3 aliphatic rings. The number of hydrogen-bond acceptors (Lipinski definition) is 9. The molecule has 0 atom stereocenters. The summed E-state index contributed by atoms with van der Waals surface area (Å²) < 4.78 is 0. The van der Waals surface area contributed by atoms with Crippen LogP contribution < -0.4 is 48.3 Å². The first-order chi connectivity index (χ1) is 16.5. The van der Waals surface area contributed by atoms with Crippen LogP contribution in [0.25, 0.3) is 0 Å². The summed E-state index contributed by atoms with van der Waals surface area (Å²) in [6, 6.07) is 8.02. The maximum absolute atomic E-state index is 11.6. The van der Waals surface area contributed by atoms with Crippen molar-refractivity contribution in [3.63, 3.8) is 0 Å². The van der Waals surface area contributed by atoms with E-state index in [0.717, 1.165) is 90.8 Å². The normalized spacial score (nSPS) is 28.1. The Hall–Kier alpha value is -1.15. The molecule has 3 heterocycles. The van der Waals surface area contributed by atoms with Crippen molar-refractivity contribution in [3.05, 3.63) is 29.8 Å². The number of anilines is 1. The molecule has 0 spiro atoms. The van der Waals surface area contributed by atoms with E-state index in [1.54, 1.807) is 0 Å². The minimum atomic E-state index is -0.313. The molecule has 3 fully saturated rings. The lowest BCUT2D eigenvalue weighted by Gasteiger charge is -2.37. The zero-order valence-electron chi connectivity index (χ0n) is 20.1. The molecule has 0 saturated carbocycles. The lowest BCUT2D eigenvalue weighted by Crippen LogP contribution is -2.66. The highest BCUT2D eigenvalue weighted by Gasteiger charge is 2.30. The van der Waals surface area contributed by atoms with E-state index in [1.807, 2.05) is 12.1 Å². The van der Waals surface area contributed by atoms with Crippen LogP contribution in [0, 0.1) is 0 Å². The number of fused-ring (bicyclic) bond motifs is 15. The van der Waals surface area contributed by atoms with Crippen LogP contribution >= 0.6 is 15.9 Å². The molecule has 1 aromatic rings. The first-order valence-corrected chi connectivity index (χ1v) is 13.4. The highest BCUT2D eigenvalue weighted by atomic mass is 79.9. The molecule has 11 heteroatoms. The molecule has 0 aromatic heterocycles. The standard InChI is InChI=1S/C23H42BrN9O/c24-11-21(34)33-20-3-1-19(2-4-20)12-32-23-16-29-8-5-26-13-22(25,14-27-6-9-30-17-23)15-28-7-10-31-18-23/h1-4,26-32H,5-18,25H2,(H,33,34). The van der Waals surface area contributed by atoms with Gasteiger partial charge in [-0.25, -0.2) is 0 Å².